The minimum absolute atomic E-state index is 0. The lowest BCUT2D eigenvalue weighted by Gasteiger charge is -2.31. The van der Waals surface area contributed by atoms with Crippen molar-refractivity contribution in [2.45, 2.75) is 19.5 Å². The Morgan fingerprint density at radius 3 is 2.36 bits per heavy atom. The number of rotatable bonds is 6. The molecule has 0 unspecified atom stereocenters. The van der Waals surface area contributed by atoms with Crippen molar-refractivity contribution >= 4 is 29.9 Å². The molecule has 1 aliphatic heterocycles. The molecule has 2 heterocycles. The predicted octanol–water partition coefficient (Wildman–Crippen LogP) is 4.64. The van der Waals surface area contributed by atoms with Gasteiger partial charge in [-0.05, 0) is 35.2 Å². The number of nitrogens with one attached hydrogen (secondary N) is 1. The van der Waals surface area contributed by atoms with Gasteiger partial charge in [0, 0.05) is 38.9 Å². The predicted molar refractivity (Wildman–Crippen MR) is 140 cm³/mol. The zero-order chi connectivity index (χ0) is 22.3. The highest BCUT2D eigenvalue weighted by molar-refractivity contribution is 14.0. The molecule has 33 heavy (non-hydrogen) atoms. The molecule has 8 heteroatoms. The first-order valence-corrected chi connectivity index (χ1v) is 10.6. The highest BCUT2D eigenvalue weighted by Crippen LogP contribution is 2.39. The lowest BCUT2D eigenvalue weighted by atomic mass is 10.0. The van der Waals surface area contributed by atoms with Crippen molar-refractivity contribution in [1.82, 2.24) is 15.2 Å². The Labute approximate surface area is 211 Å². The number of ether oxygens (including phenoxy) is 3. The molecule has 0 fully saturated rings. The minimum Gasteiger partial charge on any atom is -0.493 e. The Morgan fingerprint density at radius 2 is 1.73 bits per heavy atom. The number of aromatic nitrogens is 1. The molecule has 1 aromatic heterocycles. The normalized spacial score (nSPS) is 12.9. The van der Waals surface area contributed by atoms with Gasteiger partial charge in [-0.1, -0.05) is 36.4 Å². The fraction of sp³-hybridized carbons (Fsp3) is 0.280. The molecule has 0 spiro atoms. The largest absolute Gasteiger partial charge is 0.493 e. The van der Waals surface area contributed by atoms with E-state index in [0.717, 1.165) is 31.0 Å². The zero-order valence-electron chi connectivity index (χ0n) is 19.1. The van der Waals surface area contributed by atoms with Crippen LogP contribution in [-0.4, -0.2) is 43.7 Å². The fourth-order valence-electron chi connectivity index (χ4n) is 3.79. The van der Waals surface area contributed by atoms with Gasteiger partial charge >= 0.3 is 0 Å². The van der Waals surface area contributed by atoms with Crippen LogP contribution >= 0.6 is 24.0 Å². The number of nitrogens with zero attached hydrogens (tertiary/aromatic N) is 3. The van der Waals surface area contributed by atoms with Crippen LogP contribution in [0.4, 0.5) is 0 Å². The molecule has 0 bridgehead atoms. The average molecular weight is 560 g/mol. The van der Waals surface area contributed by atoms with Gasteiger partial charge in [-0.25, -0.2) is 4.98 Å². The van der Waals surface area contributed by atoms with Crippen LogP contribution in [0.5, 0.6) is 23.1 Å². The van der Waals surface area contributed by atoms with E-state index >= 15 is 0 Å². The van der Waals surface area contributed by atoms with Crippen molar-refractivity contribution in [2.75, 3.05) is 27.8 Å². The van der Waals surface area contributed by atoms with E-state index in [2.05, 4.69) is 44.5 Å². The summed E-state index contributed by atoms with van der Waals surface area (Å²) in [6.45, 7) is 2.43. The van der Waals surface area contributed by atoms with Crippen LogP contribution in [0.25, 0.3) is 0 Å². The molecule has 3 aromatic rings. The molecular weight excluding hydrogens is 531 g/mol. The van der Waals surface area contributed by atoms with Crippen molar-refractivity contribution in [2.24, 2.45) is 4.99 Å². The van der Waals surface area contributed by atoms with Gasteiger partial charge in [-0.3, -0.25) is 4.99 Å². The molecular formula is C25H29IN4O3. The van der Waals surface area contributed by atoms with Crippen molar-refractivity contribution in [3.8, 4) is 23.1 Å². The maximum atomic E-state index is 5.94. The maximum Gasteiger partial charge on any atom is 0.219 e. The Balaban J connectivity index is 0.00000306. The summed E-state index contributed by atoms with van der Waals surface area (Å²) < 4.78 is 16.7. The van der Waals surface area contributed by atoms with E-state index in [-0.39, 0.29) is 24.0 Å². The minimum atomic E-state index is 0. The van der Waals surface area contributed by atoms with E-state index in [0.29, 0.717) is 29.7 Å². The van der Waals surface area contributed by atoms with E-state index in [4.69, 9.17) is 14.2 Å². The van der Waals surface area contributed by atoms with E-state index < -0.39 is 0 Å². The zero-order valence-corrected chi connectivity index (χ0v) is 21.4. The number of hydrogen-bond donors (Lipinski definition) is 1. The van der Waals surface area contributed by atoms with Crippen molar-refractivity contribution in [1.29, 1.82) is 0 Å². The van der Waals surface area contributed by atoms with Gasteiger partial charge in [0.05, 0.1) is 14.2 Å². The lowest BCUT2D eigenvalue weighted by molar-refractivity contribution is 0.342. The number of halogens is 1. The number of fused-ring (bicyclic) bond motifs is 1. The van der Waals surface area contributed by atoms with Gasteiger partial charge < -0.3 is 24.4 Å². The van der Waals surface area contributed by atoms with Gasteiger partial charge in [0.15, 0.2) is 17.5 Å². The van der Waals surface area contributed by atoms with Gasteiger partial charge in [-0.15, -0.1) is 24.0 Å². The molecule has 0 atom stereocenters. The van der Waals surface area contributed by atoms with Crippen LogP contribution in [0.1, 0.15) is 16.7 Å². The molecule has 0 amide bonds. The van der Waals surface area contributed by atoms with Gasteiger partial charge in [0.1, 0.15) is 0 Å². The Hall–Kier alpha value is -3.01. The third-order valence-electron chi connectivity index (χ3n) is 5.48. The first-order valence-electron chi connectivity index (χ1n) is 10.6. The molecule has 0 saturated heterocycles. The summed E-state index contributed by atoms with van der Waals surface area (Å²) in [7, 11) is 5.01. The third kappa shape index (κ3) is 5.87. The molecule has 174 valence electrons. The second kappa shape index (κ2) is 11.7. The first-order chi connectivity index (χ1) is 15.7. The molecule has 0 aliphatic carbocycles. The van der Waals surface area contributed by atoms with Crippen molar-refractivity contribution in [3.63, 3.8) is 0 Å². The van der Waals surface area contributed by atoms with Gasteiger partial charge in [0.25, 0.3) is 0 Å². The molecule has 2 aromatic carbocycles. The van der Waals surface area contributed by atoms with E-state index in [1.165, 1.54) is 11.1 Å². The number of methoxy groups -OCH3 is 2. The second-order valence-corrected chi connectivity index (χ2v) is 7.44. The second-order valence-electron chi connectivity index (χ2n) is 7.44. The van der Waals surface area contributed by atoms with Crippen LogP contribution in [0, 0.1) is 0 Å². The summed E-state index contributed by atoms with van der Waals surface area (Å²) in [5.41, 5.74) is 3.81. The summed E-state index contributed by atoms with van der Waals surface area (Å²) in [5, 5.41) is 3.45. The number of pyridine rings is 1. The summed E-state index contributed by atoms with van der Waals surface area (Å²) in [5.74, 6) is 3.03. The third-order valence-corrected chi connectivity index (χ3v) is 5.48. The summed E-state index contributed by atoms with van der Waals surface area (Å²) in [4.78, 5) is 11.2. The lowest BCUT2D eigenvalue weighted by Crippen LogP contribution is -2.43. The summed E-state index contributed by atoms with van der Waals surface area (Å²) >= 11 is 0. The number of para-hydroxylation sites is 1. The number of aliphatic imine (C=N–C) groups is 1. The molecule has 0 radical (unpaired) electrons. The number of benzene rings is 2. The number of guanidine groups is 1. The molecule has 4 rings (SSSR count). The van der Waals surface area contributed by atoms with Crippen LogP contribution in [0.2, 0.25) is 0 Å². The van der Waals surface area contributed by atoms with E-state index in [1.807, 2.05) is 37.4 Å². The van der Waals surface area contributed by atoms with Crippen molar-refractivity contribution in [3.05, 3.63) is 77.5 Å². The van der Waals surface area contributed by atoms with Crippen LogP contribution in [-0.2, 0) is 19.5 Å². The molecule has 1 aliphatic rings. The monoisotopic (exact) mass is 560 g/mol. The van der Waals surface area contributed by atoms with Crippen LogP contribution in [0.3, 0.4) is 0 Å². The highest BCUT2D eigenvalue weighted by atomic mass is 127. The van der Waals surface area contributed by atoms with Crippen molar-refractivity contribution < 1.29 is 14.2 Å². The highest BCUT2D eigenvalue weighted by Gasteiger charge is 2.18. The summed E-state index contributed by atoms with van der Waals surface area (Å²) in [6.07, 6.45) is 2.82. The topological polar surface area (TPSA) is 68.2 Å². The van der Waals surface area contributed by atoms with Gasteiger partial charge in [-0.2, -0.15) is 0 Å². The summed E-state index contributed by atoms with van der Waals surface area (Å²) in [6, 6.07) is 17.9. The van der Waals surface area contributed by atoms with Gasteiger partial charge in [0.2, 0.25) is 11.6 Å². The van der Waals surface area contributed by atoms with Crippen LogP contribution in [0.15, 0.2) is 65.8 Å². The Kier molecular flexibility index (Phi) is 8.76. The van der Waals surface area contributed by atoms with E-state index in [1.54, 1.807) is 20.4 Å². The standard InChI is InChI=1S/C25H28N4O3.HI/c1-26-25(29-14-13-19-7-4-5-8-20(19)17-29)28-16-18-11-12-23(27-15-18)32-24-21(30-2)9-6-10-22(24)31-3;/h4-12,15H,13-14,16-17H2,1-3H3,(H,26,28);1H. The average Bonchev–Trinajstić information content (AvgIpc) is 2.85. The first kappa shape index (κ1) is 24.6. The van der Waals surface area contributed by atoms with Crippen LogP contribution < -0.4 is 19.5 Å². The number of hydrogen-bond acceptors (Lipinski definition) is 5. The van der Waals surface area contributed by atoms with E-state index in [9.17, 15) is 0 Å². The Morgan fingerprint density at radius 1 is 1.00 bits per heavy atom. The quantitative estimate of drug-likeness (QED) is 0.269. The maximum absolute atomic E-state index is 5.94. The Bertz CT molecular complexity index is 1070. The smallest absolute Gasteiger partial charge is 0.219 e. The molecule has 0 saturated carbocycles. The molecule has 1 N–H and O–H groups in total. The SMILES string of the molecule is CN=C(NCc1ccc(Oc2c(OC)cccc2OC)nc1)N1CCc2ccccc2C1.I. The fourth-order valence-corrected chi connectivity index (χ4v) is 3.79. The molecule has 7 nitrogen and oxygen atoms in total.